The van der Waals surface area contributed by atoms with Gasteiger partial charge in [-0.3, -0.25) is 0 Å². The normalized spacial score (nSPS) is 9.89. The molecule has 1 N–H and O–H groups in total. The van der Waals surface area contributed by atoms with Crippen LogP contribution in [0.25, 0.3) is 0 Å². The second kappa shape index (κ2) is 3.62. The van der Waals surface area contributed by atoms with Gasteiger partial charge in [0.05, 0.1) is 0 Å². The monoisotopic (exact) mass is 140 g/mol. The summed E-state index contributed by atoms with van der Waals surface area (Å²) in [5, 5.41) is 0. The van der Waals surface area contributed by atoms with E-state index >= 15 is 0 Å². The molecule has 1 radical (unpaired) electrons. The van der Waals surface area contributed by atoms with E-state index in [4.69, 9.17) is 12.6 Å². The van der Waals surface area contributed by atoms with Crippen LogP contribution in [0.3, 0.4) is 0 Å². The number of hydrogen-bond donors (Lipinski definition) is 1. The molecule has 49 valence electrons. The maximum atomic E-state index is 4.81. The molecule has 0 aliphatic rings. The van der Waals surface area contributed by atoms with Crippen LogP contribution in [-0.4, -0.2) is 10.7 Å². The Balaban J connectivity index is 2.30. The first-order valence-electron chi connectivity index (χ1n) is 3.14. The summed E-state index contributed by atoms with van der Waals surface area (Å²) in [4.78, 5) is 3.13. The minimum atomic E-state index is 0.860. The molecule has 1 rings (SSSR count). The number of aromatic amines is 1. The van der Waals surface area contributed by atoms with E-state index in [2.05, 4.69) is 11.1 Å². The van der Waals surface area contributed by atoms with Crippen molar-refractivity contribution in [2.45, 2.75) is 12.8 Å². The number of nitrogens with one attached hydrogen (secondary N) is 1. The lowest BCUT2D eigenvalue weighted by molar-refractivity contribution is 0.905. The van der Waals surface area contributed by atoms with E-state index in [1.807, 2.05) is 12.3 Å². The molecule has 9 heavy (non-hydrogen) atoms. The van der Waals surface area contributed by atoms with Gasteiger partial charge in [0, 0.05) is 17.6 Å². The van der Waals surface area contributed by atoms with Crippen LogP contribution in [0.4, 0.5) is 0 Å². The molecule has 0 fully saturated rings. The summed E-state index contributed by atoms with van der Waals surface area (Å²) in [6.07, 6.45) is 4.14. The van der Waals surface area contributed by atoms with Gasteiger partial charge in [-0.15, -0.1) is 0 Å². The van der Waals surface area contributed by atoms with E-state index in [0.29, 0.717) is 0 Å². The summed E-state index contributed by atoms with van der Waals surface area (Å²) < 4.78 is 0. The Morgan fingerprint density at radius 1 is 1.56 bits per heavy atom. The first-order valence-corrected chi connectivity index (χ1v) is 3.71. The largest absolute Gasteiger partial charge is 0.365 e. The highest BCUT2D eigenvalue weighted by molar-refractivity contribution is 7.80. The molecule has 0 spiro atoms. The number of aryl methyl sites for hydroxylation is 1. The van der Waals surface area contributed by atoms with Gasteiger partial charge in [0.15, 0.2) is 0 Å². The highest BCUT2D eigenvalue weighted by Gasteiger charge is 1.89. The SMILES string of the molecule is [S]CCCc1ccc[nH]1. The number of rotatable bonds is 3. The third-order valence-corrected chi connectivity index (χ3v) is 1.54. The third-order valence-electron chi connectivity index (χ3n) is 1.25. The van der Waals surface area contributed by atoms with Crippen molar-refractivity contribution in [2.24, 2.45) is 0 Å². The molecule has 1 aromatic rings. The van der Waals surface area contributed by atoms with Gasteiger partial charge < -0.3 is 4.98 Å². The summed E-state index contributed by atoms with van der Waals surface area (Å²) in [6.45, 7) is 0. The second-order valence-electron chi connectivity index (χ2n) is 2.00. The average Bonchev–Trinajstić information content (AvgIpc) is 2.34. The van der Waals surface area contributed by atoms with E-state index in [-0.39, 0.29) is 0 Å². The molecular weight excluding hydrogens is 130 g/mol. The smallest absolute Gasteiger partial charge is 0.0147 e. The van der Waals surface area contributed by atoms with Crippen molar-refractivity contribution < 1.29 is 0 Å². The van der Waals surface area contributed by atoms with Crippen LogP contribution in [-0.2, 0) is 6.42 Å². The van der Waals surface area contributed by atoms with Gasteiger partial charge in [0.1, 0.15) is 0 Å². The van der Waals surface area contributed by atoms with Crippen LogP contribution in [0.5, 0.6) is 0 Å². The summed E-state index contributed by atoms with van der Waals surface area (Å²) in [7, 11) is 0. The van der Waals surface area contributed by atoms with Crippen LogP contribution in [0, 0.1) is 0 Å². The van der Waals surface area contributed by atoms with Crippen LogP contribution < -0.4 is 0 Å². The molecule has 0 atom stereocenters. The van der Waals surface area contributed by atoms with Gasteiger partial charge in [-0.1, -0.05) is 12.6 Å². The quantitative estimate of drug-likeness (QED) is 0.662. The standard InChI is InChI=1S/C7H10NS/c9-6-2-4-7-3-1-5-8-7/h1,3,5,8H,2,4,6H2. The number of aromatic nitrogens is 1. The molecule has 2 heteroatoms. The van der Waals surface area contributed by atoms with E-state index in [0.717, 1.165) is 18.6 Å². The molecule has 0 aliphatic carbocycles. The van der Waals surface area contributed by atoms with E-state index < -0.39 is 0 Å². The van der Waals surface area contributed by atoms with Crippen molar-refractivity contribution in [3.63, 3.8) is 0 Å². The Kier molecular flexibility index (Phi) is 2.71. The molecule has 0 saturated carbocycles. The van der Waals surface area contributed by atoms with E-state index in [1.54, 1.807) is 0 Å². The fourth-order valence-corrected chi connectivity index (χ4v) is 0.930. The molecule has 0 aromatic carbocycles. The van der Waals surface area contributed by atoms with Gasteiger partial charge in [0.25, 0.3) is 0 Å². The second-order valence-corrected chi connectivity index (χ2v) is 2.41. The first-order chi connectivity index (χ1) is 4.43. The zero-order chi connectivity index (χ0) is 6.53. The third kappa shape index (κ3) is 2.14. The Labute approximate surface area is 60.9 Å². The molecule has 1 aromatic heterocycles. The molecule has 0 amide bonds. The summed E-state index contributed by atoms with van der Waals surface area (Å²) in [5.74, 6) is 0.860. The van der Waals surface area contributed by atoms with Crippen molar-refractivity contribution in [3.8, 4) is 0 Å². The molecule has 0 aliphatic heterocycles. The highest BCUT2D eigenvalue weighted by Crippen LogP contribution is 1.98. The fourth-order valence-electron chi connectivity index (χ4n) is 0.786. The summed E-state index contributed by atoms with van der Waals surface area (Å²) >= 11 is 4.81. The average molecular weight is 140 g/mol. The van der Waals surface area contributed by atoms with Gasteiger partial charge in [0.2, 0.25) is 0 Å². The number of H-pyrrole nitrogens is 1. The van der Waals surface area contributed by atoms with Gasteiger partial charge in [-0.05, 0) is 25.0 Å². The molecule has 1 heterocycles. The Hall–Kier alpha value is -0.370. The Morgan fingerprint density at radius 3 is 3.00 bits per heavy atom. The molecule has 0 saturated heterocycles. The van der Waals surface area contributed by atoms with Crippen molar-refractivity contribution in [2.75, 3.05) is 5.75 Å². The van der Waals surface area contributed by atoms with Crippen LogP contribution in [0.1, 0.15) is 12.1 Å². The topological polar surface area (TPSA) is 15.8 Å². The van der Waals surface area contributed by atoms with E-state index in [1.165, 1.54) is 5.69 Å². The van der Waals surface area contributed by atoms with Crippen molar-refractivity contribution >= 4 is 12.6 Å². The molecular formula is C7H10NS. The molecule has 0 unspecified atom stereocenters. The van der Waals surface area contributed by atoms with Gasteiger partial charge in [-0.2, -0.15) is 0 Å². The van der Waals surface area contributed by atoms with Gasteiger partial charge >= 0.3 is 0 Å². The lowest BCUT2D eigenvalue weighted by atomic mass is 10.3. The van der Waals surface area contributed by atoms with Crippen LogP contribution in [0.15, 0.2) is 18.3 Å². The predicted octanol–water partition coefficient (Wildman–Crippen LogP) is 2.14. The Morgan fingerprint density at radius 2 is 2.44 bits per heavy atom. The molecule has 0 bridgehead atoms. The number of hydrogen-bond acceptors (Lipinski definition) is 0. The summed E-state index contributed by atoms with van der Waals surface area (Å²) in [6, 6.07) is 4.10. The van der Waals surface area contributed by atoms with Crippen molar-refractivity contribution in [1.82, 2.24) is 4.98 Å². The zero-order valence-electron chi connectivity index (χ0n) is 5.26. The van der Waals surface area contributed by atoms with Gasteiger partial charge in [-0.25, -0.2) is 0 Å². The van der Waals surface area contributed by atoms with Crippen molar-refractivity contribution in [1.29, 1.82) is 0 Å². The summed E-state index contributed by atoms with van der Waals surface area (Å²) in [5.41, 5.74) is 1.29. The maximum Gasteiger partial charge on any atom is 0.0147 e. The maximum absolute atomic E-state index is 4.81. The first kappa shape index (κ1) is 6.75. The van der Waals surface area contributed by atoms with E-state index in [9.17, 15) is 0 Å². The lowest BCUT2D eigenvalue weighted by Gasteiger charge is -1.90. The van der Waals surface area contributed by atoms with Crippen molar-refractivity contribution in [3.05, 3.63) is 24.0 Å². The predicted molar refractivity (Wildman–Crippen MR) is 41.6 cm³/mol. The zero-order valence-corrected chi connectivity index (χ0v) is 6.08. The highest BCUT2D eigenvalue weighted by atomic mass is 32.1. The van der Waals surface area contributed by atoms with Crippen LogP contribution in [0.2, 0.25) is 0 Å². The lowest BCUT2D eigenvalue weighted by Crippen LogP contribution is -1.84. The Bertz CT molecular complexity index is 146. The van der Waals surface area contributed by atoms with Crippen LogP contribution >= 0.6 is 12.6 Å². The fraction of sp³-hybridized carbons (Fsp3) is 0.429. The minimum Gasteiger partial charge on any atom is -0.365 e. The molecule has 1 nitrogen and oxygen atoms in total. The minimum absolute atomic E-state index is 0.860.